The summed E-state index contributed by atoms with van der Waals surface area (Å²) in [5.74, 6) is 0.380. The van der Waals surface area contributed by atoms with Crippen LogP contribution in [-0.2, 0) is 6.42 Å². The van der Waals surface area contributed by atoms with Gasteiger partial charge in [0, 0.05) is 18.8 Å². The Balaban J connectivity index is 1.63. The lowest BCUT2D eigenvalue weighted by Gasteiger charge is -2.13. The van der Waals surface area contributed by atoms with Crippen molar-refractivity contribution in [1.82, 2.24) is 20.3 Å². The average molecular weight is 404 g/mol. The summed E-state index contributed by atoms with van der Waals surface area (Å²) in [6.07, 6.45) is 3.92. The lowest BCUT2D eigenvalue weighted by Crippen LogP contribution is -2.26. The molecule has 1 aromatic carbocycles. The van der Waals surface area contributed by atoms with E-state index in [1.807, 2.05) is 49.4 Å². The van der Waals surface area contributed by atoms with Crippen LogP contribution in [0.1, 0.15) is 45.2 Å². The van der Waals surface area contributed by atoms with E-state index >= 15 is 0 Å². The zero-order valence-corrected chi connectivity index (χ0v) is 16.9. The highest BCUT2D eigenvalue weighted by Crippen LogP contribution is 2.28. The van der Waals surface area contributed by atoms with E-state index in [0.29, 0.717) is 32.9 Å². The van der Waals surface area contributed by atoms with Gasteiger partial charge >= 0.3 is 0 Å². The van der Waals surface area contributed by atoms with Gasteiger partial charge in [-0.15, -0.1) is 11.3 Å². The Bertz CT molecular complexity index is 1220. The van der Waals surface area contributed by atoms with Crippen molar-refractivity contribution in [2.24, 2.45) is 0 Å². The van der Waals surface area contributed by atoms with Crippen LogP contribution < -0.4 is 10.9 Å². The number of rotatable bonds is 5. The van der Waals surface area contributed by atoms with Crippen molar-refractivity contribution >= 4 is 27.5 Å². The van der Waals surface area contributed by atoms with Crippen LogP contribution in [0.5, 0.6) is 0 Å². The first kappa shape index (κ1) is 19.0. The van der Waals surface area contributed by atoms with E-state index in [0.717, 1.165) is 11.1 Å². The minimum absolute atomic E-state index is 0.171. The molecular weight excluding hydrogens is 384 g/mol. The number of pyridine rings is 1. The van der Waals surface area contributed by atoms with Crippen LogP contribution >= 0.6 is 11.3 Å². The van der Waals surface area contributed by atoms with Crippen LogP contribution in [0.3, 0.4) is 0 Å². The van der Waals surface area contributed by atoms with Gasteiger partial charge in [-0.2, -0.15) is 0 Å². The highest BCUT2D eigenvalue weighted by Gasteiger charge is 2.21. The molecule has 146 valence electrons. The van der Waals surface area contributed by atoms with Crippen LogP contribution in [0.15, 0.2) is 59.7 Å². The standard InChI is InChI=1S/C22H20N4O2S/c1-13-18-20(27)25-17(12-15-6-4-3-5-7-15)26-22(18)29-19(13)21(28)24-14(2)16-8-10-23-11-9-16/h3-11,14H,12H2,1-2H3,(H,24,28)(H,25,26,27). The summed E-state index contributed by atoms with van der Waals surface area (Å²) in [4.78, 5) is 38.1. The largest absolute Gasteiger partial charge is 0.345 e. The average Bonchev–Trinajstić information content (AvgIpc) is 3.06. The lowest BCUT2D eigenvalue weighted by atomic mass is 10.1. The number of aryl methyl sites for hydroxylation is 1. The predicted molar refractivity (Wildman–Crippen MR) is 114 cm³/mol. The molecule has 2 N–H and O–H groups in total. The summed E-state index contributed by atoms with van der Waals surface area (Å²) in [5.41, 5.74) is 2.47. The molecule has 4 aromatic rings. The third-order valence-corrected chi connectivity index (χ3v) is 6.01. The Kier molecular flexibility index (Phi) is 5.22. The molecule has 0 fully saturated rings. The number of amides is 1. The zero-order valence-electron chi connectivity index (χ0n) is 16.1. The van der Waals surface area contributed by atoms with Crippen LogP contribution in [0.25, 0.3) is 10.2 Å². The molecule has 1 unspecified atom stereocenters. The van der Waals surface area contributed by atoms with E-state index in [1.54, 1.807) is 19.3 Å². The highest BCUT2D eigenvalue weighted by atomic mass is 32.1. The first-order chi connectivity index (χ1) is 14.0. The van der Waals surface area contributed by atoms with Crippen molar-refractivity contribution in [2.45, 2.75) is 26.3 Å². The molecule has 29 heavy (non-hydrogen) atoms. The molecule has 0 aliphatic rings. The second-order valence-electron chi connectivity index (χ2n) is 6.89. The first-order valence-electron chi connectivity index (χ1n) is 9.30. The molecule has 0 aliphatic carbocycles. The zero-order chi connectivity index (χ0) is 20.4. The molecule has 0 bridgehead atoms. The van der Waals surface area contributed by atoms with E-state index in [-0.39, 0.29) is 17.5 Å². The number of thiophene rings is 1. The van der Waals surface area contributed by atoms with Gasteiger partial charge in [-0.1, -0.05) is 30.3 Å². The fraction of sp³-hybridized carbons (Fsp3) is 0.182. The molecule has 0 aliphatic heterocycles. The molecule has 0 spiro atoms. The molecule has 4 rings (SSSR count). The third kappa shape index (κ3) is 3.95. The number of nitrogens with zero attached hydrogens (tertiary/aromatic N) is 2. The number of hydrogen-bond donors (Lipinski definition) is 2. The Hall–Kier alpha value is -3.32. The number of benzene rings is 1. The molecule has 0 saturated heterocycles. The maximum absolute atomic E-state index is 12.8. The fourth-order valence-corrected chi connectivity index (χ4v) is 4.38. The Morgan fingerprint density at radius 1 is 1.17 bits per heavy atom. The van der Waals surface area contributed by atoms with Gasteiger partial charge in [-0.05, 0) is 42.7 Å². The number of aromatic nitrogens is 3. The molecule has 6 nitrogen and oxygen atoms in total. The molecule has 0 radical (unpaired) electrons. The summed E-state index contributed by atoms with van der Waals surface area (Å²) >= 11 is 1.25. The van der Waals surface area contributed by atoms with Crippen molar-refractivity contribution in [3.63, 3.8) is 0 Å². The van der Waals surface area contributed by atoms with Gasteiger partial charge in [0.1, 0.15) is 10.7 Å². The molecule has 7 heteroatoms. The van der Waals surface area contributed by atoms with Crippen molar-refractivity contribution in [1.29, 1.82) is 0 Å². The van der Waals surface area contributed by atoms with Gasteiger partial charge in [0.2, 0.25) is 0 Å². The van der Waals surface area contributed by atoms with E-state index in [9.17, 15) is 9.59 Å². The lowest BCUT2D eigenvalue weighted by molar-refractivity contribution is 0.0943. The molecule has 0 saturated carbocycles. The Morgan fingerprint density at radius 3 is 2.62 bits per heavy atom. The van der Waals surface area contributed by atoms with Crippen LogP contribution in [0.2, 0.25) is 0 Å². The molecule has 3 aromatic heterocycles. The Labute approximate surface area is 171 Å². The van der Waals surface area contributed by atoms with Gasteiger partial charge in [0.05, 0.1) is 16.3 Å². The number of fused-ring (bicyclic) bond motifs is 1. The van der Waals surface area contributed by atoms with E-state index in [4.69, 9.17) is 0 Å². The van der Waals surface area contributed by atoms with Crippen LogP contribution in [-0.4, -0.2) is 20.9 Å². The summed E-state index contributed by atoms with van der Waals surface area (Å²) in [7, 11) is 0. The van der Waals surface area contributed by atoms with Gasteiger partial charge in [0.25, 0.3) is 11.5 Å². The van der Waals surface area contributed by atoms with Gasteiger partial charge < -0.3 is 10.3 Å². The summed E-state index contributed by atoms with van der Waals surface area (Å²) in [5, 5.41) is 3.47. The molecule has 1 atom stereocenters. The van der Waals surface area contributed by atoms with E-state index in [2.05, 4.69) is 20.3 Å². The highest BCUT2D eigenvalue weighted by molar-refractivity contribution is 7.20. The van der Waals surface area contributed by atoms with Crippen LogP contribution in [0.4, 0.5) is 0 Å². The number of hydrogen-bond acceptors (Lipinski definition) is 5. The number of nitrogens with one attached hydrogen (secondary N) is 2. The predicted octanol–water partition coefficient (Wildman–Crippen LogP) is 3.77. The SMILES string of the molecule is Cc1c(C(=O)NC(C)c2ccncc2)sc2nc(Cc3ccccc3)[nH]c(=O)c12. The molecular formula is C22H20N4O2S. The second-order valence-corrected chi connectivity index (χ2v) is 7.89. The van der Waals surface area contributed by atoms with Crippen molar-refractivity contribution in [2.75, 3.05) is 0 Å². The van der Waals surface area contributed by atoms with E-state index < -0.39 is 0 Å². The van der Waals surface area contributed by atoms with Crippen LogP contribution in [0, 0.1) is 6.92 Å². The van der Waals surface area contributed by atoms with Crippen molar-refractivity contribution in [3.8, 4) is 0 Å². The smallest absolute Gasteiger partial charge is 0.262 e. The summed E-state index contributed by atoms with van der Waals surface area (Å²) in [6, 6.07) is 13.4. The normalized spacial score (nSPS) is 12.1. The van der Waals surface area contributed by atoms with Crippen molar-refractivity contribution < 1.29 is 4.79 Å². The number of carbonyl (C=O) groups is 1. The fourth-order valence-electron chi connectivity index (χ4n) is 3.28. The molecule has 1 amide bonds. The quantitative estimate of drug-likeness (QED) is 0.530. The number of carbonyl (C=O) groups excluding carboxylic acids is 1. The van der Waals surface area contributed by atoms with Crippen molar-refractivity contribution in [3.05, 3.63) is 92.6 Å². The van der Waals surface area contributed by atoms with Gasteiger partial charge in [0.15, 0.2) is 0 Å². The van der Waals surface area contributed by atoms with Gasteiger partial charge in [-0.25, -0.2) is 4.98 Å². The number of aromatic amines is 1. The minimum Gasteiger partial charge on any atom is -0.345 e. The topological polar surface area (TPSA) is 87.7 Å². The van der Waals surface area contributed by atoms with E-state index in [1.165, 1.54) is 11.3 Å². The maximum Gasteiger partial charge on any atom is 0.262 e. The number of H-pyrrole nitrogens is 1. The summed E-state index contributed by atoms with van der Waals surface area (Å²) < 4.78 is 0. The third-order valence-electron chi connectivity index (χ3n) is 4.82. The monoisotopic (exact) mass is 404 g/mol. The second kappa shape index (κ2) is 7.97. The maximum atomic E-state index is 12.8. The van der Waals surface area contributed by atoms with Gasteiger partial charge in [-0.3, -0.25) is 14.6 Å². The first-order valence-corrected chi connectivity index (χ1v) is 10.1. The Morgan fingerprint density at radius 2 is 1.90 bits per heavy atom. The summed E-state index contributed by atoms with van der Waals surface area (Å²) in [6.45, 7) is 3.71. The minimum atomic E-state index is -0.212. The molecule has 3 heterocycles.